The molecule has 0 spiro atoms. The zero-order valence-corrected chi connectivity index (χ0v) is 11.1. The highest BCUT2D eigenvalue weighted by molar-refractivity contribution is 4.95. The zero-order chi connectivity index (χ0) is 11.7. The Morgan fingerprint density at radius 2 is 1.53 bits per heavy atom. The third-order valence-corrected chi connectivity index (χ3v) is 4.89. The molecule has 0 saturated heterocycles. The summed E-state index contributed by atoms with van der Waals surface area (Å²) in [6, 6.07) is 2.07. The predicted octanol–water partition coefficient (Wildman–Crippen LogP) is 2.91. The molecule has 3 aliphatic carbocycles. The van der Waals surface area contributed by atoms with Crippen molar-refractivity contribution in [3.8, 4) is 0 Å². The fourth-order valence-electron chi connectivity index (χ4n) is 3.47. The predicted molar refractivity (Wildman–Crippen MR) is 71.9 cm³/mol. The molecule has 0 aromatic heterocycles. The molecular weight excluding hydrogens is 208 g/mol. The molecule has 3 fully saturated rings. The van der Waals surface area contributed by atoms with Gasteiger partial charge in [0.2, 0.25) is 0 Å². The van der Waals surface area contributed by atoms with Crippen LogP contribution in [-0.2, 0) is 0 Å². The lowest BCUT2D eigenvalue weighted by molar-refractivity contribution is 0.133. The molecular formula is C15H28N2. The van der Waals surface area contributed by atoms with Crippen molar-refractivity contribution in [2.45, 2.75) is 82.3 Å². The largest absolute Gasteiger partial charge is 0.326 e. The number of hydrogen-bond donors (Lipinski definition) is 1. The highest BCUT2D eigenvalue weighted by Gasteiger charge is 2.39. The minimum absolute atomic E-state index is 0.453. The fourth-order valence-corrected chi connectivity index (χ4v) is 3.47. The molecule has 17 heavy (non-hydrogen) atoms. The van der Waals surface area contributed by atoms with Crippen LogP contribution in [0.25, 0.3) is 0 Å². The normalized spacial score (nSPS) is 35.6. The molecule has 0 radical (unpaired) electrons. The van der Waals surface area contributed by atoms with E-state index in [1.54, 1.807) is 0 Å². The molecule has 2 N–H and O–H groups in total. The van der Waals surface area contributed by atoms with E-state index in [1.165, 1.54) is 70.8 Å². The average molecular weight is 236 g/mol. The highest BCUT2D eigenvalue weighted by atomic mass is 15.2. The van der Waals surface area contributed by atoms with Gasteiger partial charge in [-0.3, -0.25) is 4.90 Å². The van der Waals surface area contributed by atoms with Crippen LogP contribution in [0.3, 0.4) is 0 Å². The topological polar surface area (TPSA) is 29.3 Å². The molecule has 0 aromatic rings. The van der Waals surface area contributed by atoms with Gasteiger partial charge in [-0.25, -0.2) is 0 Å². The summed E-state index contributed by atoms with van der Waals surface area (Å²) in [7, 11) is 0. The van der Waals surface area contributed by atoms with Crippen LogP contribution in [-0.4, -0.2) is 29.6 Å². The molecule has 3 rings (SSSR count). The van der Waals surface area contributed by atoms with E-state index in [4.69, 9.17) is 5.73 Å². The van der Waals surface area contributed by atoms with Gasteiger partial charge in [0.25, 0.3) is 0 Å². The third kappa shape index (κ3) is 3.23. The highest BCUT2D eigenvalue weighted by Crippen LogP contribution is 2.38. The second kappa shape index (κ2) is 5.27. The Morgan fingerprint density at radius 3 is 2.18 bits per heavy atom. The number of rotatable bonds is 4. The van der Waals surface area contributed by atoms with Crippen LogP contribution >= 0.6 is 0 Å². The summed E-state index contributed by atoms with van der Waals surface area (Å²) in [5.41, 5.74) is 6.47. The van der Waals surface area contributed by atoms with Crippen molar-refractivity contribution in [3.63, 3.8) is 0 Å². The molecule has 98 valence electrons. The van der Waals surface area contributed by atoms with Crippen LogP contribution in [0.4, 0.5) is 0 Å². The van der Waals surface area contributed by atoms with E-state index in [-0.39, 0.29) is 0 Å². The van der Waals surface area contributed by atoms with Crippen molar-refractivity contribution in [1.29, 1.82) is 0 Å². The second-order valence-electron chi connectivity index (χ2n) is 6.59. The van der Waals surface area contributed by atoms with E-state index in [2.05, 4.69) is 4.90 Å². The molecule has 2 unspecified atom stereocenters. The summed E-state index contributed by atoms with van der Waals surface area (Å²) in [5, 5.41) is 0. The Bertz CT molecular complexity index is 245. The first-order valence-corrected chi connectivity index (χ1v) is 7.86. The average Bonchev–Trinajstić information content (AvgIpc) is 3.14. The smallest absolute Gasteiger partial charge is 0.0250 e. The van der Waals surface area contributed by atoms with E-state index in [0.29, 0.717) is 12.1 Å². The maximum absolute atomic E-state index is 6.47. The molecule has 2 nitrogen and oxygen atoms in total. The molecule has 0 heterocycles. The lowest BCUT2D eigenvalue weighted by Crippen LogP contribution is -2.50. The fraction of sp³-hybridized carbons (Fsp3) is 1.00. The molecule has 0 amide bonds. The summed E-state index contributed by atoms with van der Waals surface area (Å²) in [6.45, 7) is 1.36. The van der Waals surface area contributed by atoms with Crippen LogP contribution in [0.2, 0.25) is 0 Å². The first kappa shape index (κ1) is 12.0. The standard InChI is InChI=1S/C15H28N2/c16-14-5-3-1-2-4-6-15(14)17(13-9-10-13)11-12-7-8-12/h12-15H,1-11,16H2. The van der Waals surface area contributed by atoms with Crippen molar-refractivity contribution in [2.24, 2.45) is 11.7 Å². The Kier molecular flexibility index (Phi) is 3.72. The van der Waals surface area contributed by atoms with Crippen molar-refractivity contribution >= 4 is 0 Å². The lowest BCUT2D eigenvalue weighted by atomic mass is 9.91. The van der Waals surface area contributed by atoms with Gasteiger partial charge < -0.3 is 5.73 Å². The maximum atomic E-state index is 6.47. The Labute approximate surface area is 106 Å². The SMILES string of the molecule is NC1CCCCCCC1N(CC1CC1)C1CC1. The van der Waals surface area contributed by atoms with Crippen LogP contribution in [0, 0.1) is 5.92 Å². The number of nitrogens with zero attached hydrogens (tertiary/aromatic N) is 1. The minimum Gasteiger partial charge on any atom is -0.326 e. The van der Waals surface area contributed by atoms with Gasteiger partial charge in [-0.05, 0) is 44.4 Å². The van der Waals surface area contributed by atoms with Crippen LogP contribution in [0.5, 0.6) is 0 Å². The minimum atomic E-state index is 0.453. The summed E-state index contributed by atoms with van der Waals surface area (Å²) in [5.74, 6) is 1.02. The molecule has 2 heteroatoms. The van der Waals surface area contributed by atoms with Gasteiger partial charge in [0.05, 0.1) is 0 Å². The first-order chi connectivity index (χ1) is 8.34. The van der Waals surface area contributed by atoms with Gasteiger partial charge in [-0.1, -0.05) is 25.7 Å². The third-order valence-electron chi connectivity index (χ3n) is 4.89. The second-order valence-corrected chi connectivity index (χ2v) is 6.59. The van der Waals surface area contributed by atoms with Crippen molar-refractivity contribution in [3.05, 3.63) is 0 Å². The summed E-state index contributed by atoms with van der Waals surface area (Å²) >= 11 is 0. The quantitative estimate of drug-likeness (QED) is 0.813. The zero-order valence-electron chi connectivity index (χ0n) is 11.1. The van der Waals surface area contributed by atoms with Crippen molar-refractivity contribution in [1.82, 2.24) is 4.90 Å². The van der Waals surface area contributed by atoms with Gasteiger partial charge in [0.1, 0.15) is 0 Å². The van der Waals surface area contributed by atoms with E-state index in [1.807, 2.05) is 0 Å². The Balaban J connectivity index is 1.63. The monoisotopic (exact) mass is 236 g/mol. The van der Waals surface area contributed by atoms with E-state index >= 15 is 0 Å². The van der Waals surface area contributed by atoms with Gasteiger partial charge in [0, 0.05) is 24.7 Å². The van der Waals surface area contributed by atoms with Crippen LogP contribution < -0.4 is 5.73 Å². The number of hydrogen-bond acceptors (Lipinski definition) is 2. The first-order valence-electron chi connectivity index (χ1n) is 7.86. The Hall–Kier alpha value is -0.0800. The molecule has 3 saturated carbocycles. The van der Waals surface area contributed by atoms with Crippen molar-refractivity contribution < 1.29 is 0 Å². The summed E-state index contributed by atoms with van der Waals surface area (Å²) in [6.07, 6.45) is 14.1. The maximum Gasteiger partial charge on any atom is 0.0250 e. The van der Waals surface area contributed by atoms with Gasteiger partial charge in [-0.2, -0.15) is 0 Å². The lowest BCUT2D eigenvalue weighted by Gasteiger charge is -2.37. The Morgan fingerprint density at radius 1 is 0.824 bits per heavy atom. The summed E-state index contributed by atoms with van der Waals surface area (Å²) < 4.78 is 0. The van der Waals surface area contributed by atoms with Gasteiger partial charge in [0.15, 0.2) is 0 Å². The molecule has 0 aliphatic heterocycles. The molecule has 2 atom stereocenters. The van der Waals surface area contributed by atoms with E-state index in [0.717, 1.165) is 12.0 Å². The molecule has 3 aliphatic rings. The summed E-state index contributed by atoms with van der Waals surface area (Å²) in [4.78, 5) is 2.83. The molecule has 0 aromatic carbocycles. The van der Waals surface area contributed by atoms with E-state index in [9.17, 15) is 0 Å². The number of nitrogens with two attached hydrogens (primary N) is 1. The van der Waals surface area contributed by atoms with Crippen molar-refractivity contribution in [2.75, 3.05) is 6.54 Å². The van der Waals surface area contributed by atoms with Gasteiger partial charge in [-0.15, -0.1) is 0 Å². The molecule has 0 bridgehead atoms. The van der Waals surface area contributed by atoms with Gasteiger partial charge >= 0.3 is 0 Å². The van der Waals surface area contributed by atoms with Crippen LogP contribution in [0.1, 0.15) is 64.2 Å². The van der Waals surface area contributed by atoms with Crippen LogP contribution in [0.15, 0.2) is 0 Å². The van der Waals surface area contributed by atoms with E-state index < -0.39 is 0 Å².